The molecule has 1 aromatic carbocycles. The van der Waals surface area contributed by atoms with E-state index in [2.05, 4.69) is 10.6 Å². The molecule has 10 heteroatoms. The van der Waals surface area contributed by atoms with Gasteiger partial charge in [0.15, 0.2) is 0 Å². The molecule has 1 aliphatic heterocycles. The third kappa shape index (κ3) is 4.73. The van der Waals surface area contributed by atoms with Gasteiger partial charge in [-0.1, -0.05) is 23.7 Å². The van der Waals surface area contributed by atoms with Crippen LogP contribution in [-0.4, -0.2) is 47.2 Å². The van der Waals surface area contributed by atoms with E-state index < -0.39 is 12.1 Å². The van der Waals surface area contributed by atoms with E-state index in [-0.39, 0.29) is 18.5 Å². The molecule has 0 radical (unpaired) electrons. The van der Waals surface area contributed by atoms with Crippen molar-refractivity contribution < 1.29 is 19.5 Å². The monoisotopic (exact) mass is 422 g/mol. The summed E-state index contributed by atoms with van der Waals surface area (Å²) in [6.45, 7) is 0.685. The highest BCUT2D eigenvalue weighted by Gasteiger charge is 2.26. The molecule has 1 aromatic heterocycles. The SMILES string of the molecule is NC(=O)Nc1cc(-c2ccc(Cl)cc2)sc1C(=O)N[C@H]1CCCN(C(=O)O)C1. The van der Waals surface area contributed by atoms with Gasteiger partial charge in [-0.3, -0.25) is 4.79 Å². The highest BCUT2D eigenvalue weighted by atomic mass is 35.5. The van der Waals surface area contributed by atoms with E-state index in [4.69, 9.17) is 22.4 Å². The van der Waals surface area contributed by atoms with Crippen LogP contribution in [0.3, 0.4) is 0 Å². The molecule has 0 spiro atoms. The number of rotatable bonds is 4. The minimum absolute atomic E-state index is 0.231. The lowest BCUT2D eigenvalue weighted by Gasteiger charge is -2.31. The summed E-state index contributed by atoms with van der Waals surface area (Å²) in [5.74, 6) is -0.383. The molecule has 1 saturated heterocycles. The Kier molecular flexibility index (Phi) is 6.05. The van der Waals surface area contributed by atoms with Crippen molar-refractivity contribution in [3.63, 3.8) is 0 Å². The first kappa shape index (κ1) is 20.0. The van der Waals surface area contributed by atoms with E-state index in [0.29, 0.717) is 35.0 Å². The summed E-state index contributed by atoms with van der Waals surface area (Å²) in [5, 5.41) is 15.1. The minimum Gasteiger partial charge on any atom is -0.465 e. The van der Waals surface area contributed by atoms with E-state index in [1.165, 1.54) is 16.2 Å². The number of carbonyl (C=O) groups is 3. The van der Waals surface area contributed by atoms with E-state index in [1.807, 2.05) is 12.1 Å². The fourth-order valence-corrected chi connectivity index (χ4v) is 4.21. The Bertz CT molecular complexity index is 899. The van der Waals surface area contributed by atoms with E-state index in [1.54, 1.807) is 18.2 Å². The summed E-state index contributed by atoms with van der Waals surface area (Å²) in [7, 11) is 0. The molecule has 0 aliphatic carbocycles. The second kappa shape index (κ2) is 8.49. The van der Waals surface area contributed by atoms with Crippen molar-refractivity contribution in [1.82, 2.24) is 10.2 Å². The van der Waals surface area contributed by atoms with Gasteiger partial charge in [-0.15, -0.1) is 11.3 Å². The van der Waals surface area contributed by atoms with Crippen molar-refractivity contribution in [2.45, 2.75) is 18.9 Å². The Morgan fingerprint density at radius 1 is 1.25 bits per heavy atom. The first-order valence-electron chi connectivity index (χ1n) is 8.58. The van der Waals surface area contributed by atoms with Crippen LogP contribution in [0.15, 0.2) is 30.3 Å². The third-order valence-electron chi connectivity index (χ3n) is 4.35. The van der Waals surface area contributed by atoms with E-state index >= 15 is 0 Å². The number of hydrogen-bond donors (Lipinski definition) is 4. The maximum absolute atomic E-state index is 12.8. The number of nitrogens with two attached hydrogens (primary N) is 1. The average molecular weight is 423 g/mol. The van der Waals surface area contributed by atoms with Gasteiger partial charge >= 0.3 is 12.1 Å². The molecule has 1 aliphatic rings. The zero-order valence-corrected chi connectivity index (χ0v) is 16.3. The summed E-state index contributed by atoms with van der Waals surface area (Å²) < 4.78 is 0. The van der Waals surface area contributed by atoms with E-state index in [0.717, 1.165) is 10.4 Å². The van der Waals surface area contributed by atoms with Gasteiger partial charge in [0.05, 0.1) is 5.69 Å². The molecule has 2 aromatic rings. The first-order chi connectivity index (χ1) is 13.3. The van der Waals surface area contributed by atoms with Crippen molar-refractivity contribution in [2.75, 3.05) is 18.4 Å². The molecule has 8 nitrogen and oxygen atoms in total. The standard InChI is InChI=1S/C18H19ClN4O4S/c19-11-5-3-10(4-6-11)14-8-13(22-17(20)25)15(28-14)16(24)21-12-2-1-7-23(9-12)18(26)27/h3-6,8,12H,1-2,7,9H2,(H,21,24)(H,26,27)(H3,20,22,25)/t12-/m0/s1. The van der Waals surface area contributed by atoms with Gasteiger partial charge in [-0.2, -0.15) is 0 Å². The number of urea groups is 1. The zero-order valence-electron chi connectivity index (χ0n) is 14.8. The third-order valence-corrected chi connectivity index (χ3v) is 5.79. The fourth-order valence-electron chi connectivity index (χ4n) is 3.06. The Hall–Kier alpha value is -2.78. The van der Waals surface area contributed by atoms with Crippen LogP contribution < -0.4 is 16.4 Å². The number of benzene rings is 1. The lowest BCUT2D eigenvalue weighted by molar-refractivity contribution is 0.0893. The van der Waals surface area contributed by atoms with Crippen molar-refractivity contribution in [3.05, 3.63) is 40.2 Å². The summed E-state index contributed by atoms with van der Waals surface area (Å²) in [4.78, 5) is 37.7. The first-order valence-corrected chi connectivity index (χ1v) is 9.78. The van der Waals surface area contributed by atoms with Crippen LogP contribution in [0.2, 0.25) is 5.02 Å². The smallest absolute Gasteiger partial charge is 0.407 e. The molecule has 5 N–H and O–H groups in total. The number of hydrogen-bond acceptors (Lipinski definition) is 4. The number of primary amides is 1. The minimum atomic E-state index is -1.00. The summed E-state index contributed by atoms with van der Waals surface area (Å²) in [6, 6.07) is 7.72. The molecule has 0 saturated carbocycles. The van der Waals surface area contributed by atoms with Gasteiger partial charge in [0.2, 0.25) is 0 Å². The molecule has 28 heavy (non-hydrogen) atoms. The second-order valence-corrected chi connectivity index (χ2v) is 7.88. The number of likely N-dealkylation sites (tertiary alicyclic amines) is 1. The van der Waals surface area contributed by atoms with Crippen LogP contribution in [0.1, 0.15) is 22.5 Å². The maximum atomic E-state index is 12.8. The largest absolute Gasteiger partial charge is 0.465 e. The molecule has 4 amide bonds. The van der Waals surface area contributed by atoms with Gasteiger partial charge in [0, 0.05) is 29.0 Å². The van der Waals surface area contributed by atoms with Crippen LogP contribution in [0, 0.1) is 0 Å². The highest BCUT2D eigenvalue weighted by Crippen LogP contribution is 2.35. The number of nitrogens with zero attached hydrogens (tertiary/aromatic N) is 1. The number of halogens is 1. The van der Waals surface area contributed by atoms with Crippen LogP contribution >= 0.6 is 22.9 Å². The maximum Gasteiger partial charge on any atom is 0.407 e. The lowest BCUT2D eigenvalue weighted by atomic mass is 10.1. The van der Waals surface area contributed by atoms with Crippen molar-refractivity contribution >= 4 is 46.7 Å². The molecule has 0 bridgehead atoms. The van der Waals surface area contributed by atoms with Crippen molar-refractivity contribution in [1.29, 1.82) is 0 Å². The van der Waals surface area contributed by atoms with Crippen LogP contribution in [0.25, 0.3) is 10.4 Å². The normalized spacial score (nSPS) is 16.5. The van der Waals surface area contributed by atoms with Gasteiger partial charge in [0.25, 0.3) is 5.91 Å². The quantitative estimate of drug-likeness (QED) is 0.602. The Morgan fingerprint density at radius 3 is 2.61 bits per heavy atom. The number of thiophene rings is 1. The Balaban J connectivity index is 1.82. The van der Waals surface area contributed by atoms with Gasteiger partial charge in [-0.05, 0) is 36.6 Å². The molecule has 3 rings (SSSR count). The van der Waals surface area contributed by atoms with Crippen LogP contribution in [0.4, 0.5) is 15.3 Å². The van der Waals surface area contributed by atoms with Gasteiger partial charge < -0.3 is 26.4 Å². The van der Waals surface area contributed by atoms with Crippen molar-refractivity contribution in [3.8, 4) is 10.4 Å². The fraction of sp³-hybridized carbons (Fsp3) is 0.278. The summed E-state index contributed by atoms with van der Waals surface area (Å²) >= 11 is 7.13. The Morgan fingerprint density at radius 2 is 1.96 bits per heavy atom. The lowest BCUT2D eigenvalue weighted by Crippen LogP contribution is -2.49. The molecule has 2 heterocycles. The van der Waals surface area contributed by atoms with Gasteiger partial charge in [-0.25, -0.2) is 9.59 Å². The van der Waals surface area contributed by atoms with Crippen LogP contribution in [-0.2, 0) is 0 Å². The predicted molar refractivity (Wildman–Crippen MR) is 108 cm³/mol. The molecule has 148 valence electrons. The van der Waals surface area contributed by atoms with E-state index in [9.17, 15) is 14.4 Å². The zero-order chi connectivity index (χ0) is 20.3. The number of anilines is 1. The molecular formula is C18H19ClN4O4S. The summed E-state index contributed by atoms with van der Waals surface area (Å²) in [5.41, 5.74) is 6.38. The van der Waals surface area contributed by atoms with Gasteiger partial charge in [0.1, 0.15) is 4.88 Å². The Labute approximate surface area is 170 Å². The van der Waals surface area contributed by atoms with Crippen LogP contribution in [0.5, 0.6) is 0 Å². The highest BCUT2D eigenvalue weighted by molar-refractivity contribution is 7.18. The number of piperidine rings is 1. The molecular weight excluding hydrogens is 404 g/mol. The number of carboxylic acid groups (broad SMARTS) is 1. The molecule has 1 atom stereocenters. The topological polar surface area (TPSA) is 125 Å². The summed E-state index contributed by atoms with van der Waals surface area (Å²) in [6.07, 6.45) is 0.351. The average Bonchev–Trinajstić information content (AvgIpc) is 3.05. The number of amides is 4. The van der Waals surface area contributed by atoms with Crippen molar-refractivity contribution in [2.24, 2.45) is 5.73 Å². The number of carbonyl (C=O) groups excluding carboxylic acids is 2. The molecule has 1 fully saturated rings. The predicted octanol–water partition coefficient (Wildman–Crippen LogP) is 3.43. The number of nitrogens with one attached hydrogen (secondary N) is 2. The second-order valence-electron chi connectivity index (χ2n) is 6.39. The molecule has 0 unspecified atom stereocenters.